The molecule has 16 heavy (non-hydrogen) atoms. The van der Waals surface area contributed by atoms with Gasteiger partial charge in [0.1, 0.15) is 0 Å². The minimum absolute atomic E-state index is 0.473. The molecule has 0 amide bonds. The van der Waals surface area contributed by atoms with Gasteiger partial charge >= 0.3 is 0 Å². The Hall–Kier alpha value is -0.0800. The number of rotatable bonds is 2. The van der Waals surface area contributed by atoms with Crippen molar-refractivity contribution in [2.24, 2.45) is 17.6 Å². The molecule has 3 unspecified atom stereocenters. The highest BCUT2D eigenvalue weighted by Gasteiger charge is 2.28. The zero-order valence-corrected chi connectivity index (χ0v) is 10.9. The molecule has 0 aromatic carbocycles. The zero-order valence-electron chi connectivity index (χ0n) is 10.9. The van der Waals surface area contributed by atoms with Crippen LogP contribution in [-0.4, -0.2) is 18.1 Å². The van der Waals surface area contributed by atoms with Crippen LogP contribution in [0.5, 0.6) is 0 Å². The van der Waals surface area contributed by atoms with Crippen LogP contribution in [-0.2, 0) is 0 Å². The molecule has 0 spiro atoms. The number of hydrogen-bond acceptors (Lipinski definition) is 2. The fourth-order valence-corrected chi connectivity index (χ4v) is 3.35. The molecule has 2 fully saturated rings. The van der Waals surface area contributed by atoms with Gasteiger partial charge in [0.15, 0.2) is 0 Å². The average Bonchev–Trinajstić information content (AvgIpc) is 2.27. The highest BCUT2D eigenvalue weighted by Crippen LogP contribution is 2.30. The van der Waals surface area contributed by atoms with Crippen molar-refractivity contribution < 1.29 is 0 Å². The van der Waals surface area contributed by atoms with Crippen molar-refractivity contribution in [3.05, 3.63) is 0 Å². The van der Waals surface area contributed by atoms with E-state index in [0.29, 0.717) is 6.04 Å². The maximum atomic E-state index is 5.95. The zero-order chi connectivity index (χ0) is 11.5. The average molecular weight is 224 g/mol. The van der Waals surface area contributed by atoms with Gasteiger partial charge in [-0.05, 0) is 50.4 Å². The van der Waals surface area contributed by atoms with E-state index in [9.17, 15) is 0 Å². The summed E-state index contributed by atoms with van der Waals surface area (Å²) in [4.78, 5) is 0. The first-order valence-corrected chi connectivity index (χ1v) is 7.16. The summed E-state index contributed by atoms with van der Waals surface area (Å²) in [6.45, 7) is 4.81. The quantitative estimate of drug-likeness (QED) is 0.757. The van der Waals surface area contributed by atoms with Crippen LogP contribution in [0.25, 0.3) is 0 Å². The first kappa shape index (κ1) is 12.4. The summed E-state index contributed by atoms with van der Waals surface area (Å²) < 4.78 is 0. The van der Waals surface area contributed by atoms with E-state index in [1.165, 1.54) is 44.9 Å². The highest BCUT2D eigenvalue weighted by atomic mass is 15.0. The molecular formula is C14H28N2. The molecule has 0 aromatic heterocycles. The van der Waals surface area contributed by atoms with Crippen LogP contribution in [0.4, 0.5) is 0 Å². The first-order valence-electron chi connectivity index (χ1n) is 7.16. The van der Waals surface area contributed by atoms with Crippen molar-refractivity contribution in [3.63, 3.8) is 0 Å². The van der Waals surface area contributed by atoms with Gasteiger partial charge in [-0.3, -0.25) is 0 Å². The number of nitrogens with two attached hydrogens (primary N) is 1. The van der Waals surface area contributed by atoms with Gasteiger partial charge in [-0.15, -0.1) is 0 Å². The summed E-state index contributed by atoms with van der Waals surface area (Å²) in [5.74, 6) is 1.78. The van der Waals surface area contributed by atoms with Gasteiger partial charge in [0.25, 0.3) is 0 Å². The van der Waals surface area contributed by atoms with E-state index in [0.717, 1.165) is 23.9 Å². The van der Waals surface area contributed by atoms with E-state index in [2.05, 4.69) is 19.2 Å². The summed E-state index contributed by atoms with van der Waals surface area (Å²) >= 11 is 0. The van der Waals surface area contributed by atoms with E-state index in [4.69, 9.17) is 5.73 Å². The lowest BCUT2D eigenvalue weighted by molar-refractivity contribution is 0.195. The summed E-state index contributed by atoms with van der Waals surface area (Å²) in [6.07, 6.45) is 9.23. The lowest BCUT2D eigenvalue weighted by Crippen LogP contribution is -2.47. The second-order valence-corrected chi connectivity index (χ2v) is 6.28. The summed E-state index contributed by atoms with van der Waals surface area (Å²) in [5, 5.41) is 3.90. The Morgan fingerprint density at radius 2 is 1.62 bits per heavy atom. The molecule has 2 aliphatic rings. The third-order valence-corrected chi connectivity index (χ3v) is 4.68. The van der Waals surface area contributed by atoms with Crippen molar-refractivity contribution in [1.29, 1.82) is 0 Å². The Balaban J connectivity index is 1.79. The highest BCUT2D eigenvalue weighted by molar-refractivity contribution is 4.86. The minimum atomic E-state index is 0.473. The SMILES string of the molecule is CC1CCC(C)C(NC2CCC(N)CC2)C1. The van der Waals surface area contributed by atoms with E-state index in [-0.39, 0.29) is 0 Å². The predicted octanol–water partition coefficient (Wildman–Crippen LogP) is 2.67. The van der Waals surface area contributed by atoms with E-state index >= 15 is 0 Å². The molecule has 0 heterocycles. The maximum Gasteiger partial charge on any atom is 0.00978 e. The molecule has 2 rings (SSSR count). The molecule has 2 heteroatoms. The number of nitrogens with one attached hydrogen (secondary N) is 1. The molecular weight excluding hydrogens is 196 g/mol. The predicted molar refractivity (Wildman–Crippen MR) is 69.3 cm³/mol. The van der Waals surface area contributed by atoms with Crippen molar-refractivity contribution in [2.75, 3.05) is 0 Å². The second kappa shape index (κ2) is 5.50. The second-order valence-electron chi connectivity index (χ2n) is 6.28. The smallest absolute Gasteiger partial charge is 0.00978 e. The topological polar surface area (TPSA) is 38.0 Å². The Morgan fingerprint density at radius 1 is 0.938 bits per heavy atom. The van der Waals surface area contributed by atoms with Crippen LogP contribution in [0.1, 0.15) is 58.8 Å². The van der Waals surface area contributed by atoms with Crippen LogP contribution >= 0.6 is 0 Å². The molecule has 0 radical (unpaired) electrons. The van der Waals surface area contributed by atoms with Crippen molar-refractivity contribution >= 4 is 0 Å². The molecule has 3 N–H and O–H groups in total. The molecule has 0 aromatic rings. The molecule has 2 aliphatic carbocycles. The number of hydrogen-bond donors (Lipinski definition) is 2. The van der Waals surface area contributed by atoms with Crippen LogP contribution < -0.4 is 11.1 Å². The Labute approximate surface area is 100 Å². The summed E-state index contributed by atoms with van der Waals surface area (Å²) in [6, 6.07) is 1.99. The Morgan fingerprint density at radius 3 is 2.31 bits per heavy atom. The molecule has 94 valence electrons. The Kier molecular flexibility index (Phi) is 4.26. The normalized spacial score (nSPS) is 45.6. The van der Waals surface area contributed by atoms with E-state index < -0.39 is 0 Å². The molecule has 2 nitrogen and oxygen atoms in total. The van der Waals surface area contributed by atoms with Gasteiger partial charge in [0.05, 0.1) is 0 Å². The fourth-order valence-electron chi connectivity index (χ4n) is 3.35. The molecule has 3 atom stereocenters. The van der Waals surface area contributed by atoms with Gasteiger partial charge in [-0.2, -0.15) is 0 Å². The Bertz CT molecular complexity index is 209. The van der Waals surface area contributed by atoms with E-state index in [1.807, 2.05) is 0 Å². The fraction of sp³-hybridized carbons (Fsp3) is 1.00. The van der Waals surface area contributed by atoms with Gasteiger partial charge in [-0.25, -0.2) is 0 Å². The minimum Gasteiger partial charge on any atom is -0.328 e. The van der Waals surface area contributed by atoms with Gasteiger partial charge in [0, 0.05) is 18.1 Å². The third kappa shape index (κ3) is 3.21. The largest absolute Gasteiger partial charge is 0.328 e. The lowest BCUT2D eigenvalue weighted by atomic mass is 9.79. The first-order chi connectivity index (χ1) is 7.65. The molecule has 2 saturated carbocycles. The van der Waals surface area contributed by atoms with Crippen LogP contribution in [0, 0.1) is 11.8 Å². The van der Waals surface area contributed by atoms with E-state index in [1.54, 1.807) is 0 Å². The van der Waals surface area contributed by atoms with Gasteiger partial charge in [0.2, 0.25) is 0 Å². The summed E-state index contributed by atoms with van der Waals surface area (Å²) in [7, 11) is 0. The standard InChI is InChI=1S/C14H28N2/c1-10-3-4-11(2)14(9-10)16-13-7-5-12(15)6-8-13/h10-14,16H,3-9,15H2,1-2H3. The van der Waals surface area contributed by atoms with Crippen LogP contribution in [0.2, 0.25) is 0 Å². The summed E-state index contributed by atoms with van der Waals surface area (Å²) in [5.41, 5.74) is 5.95. The van der Waals surface area contributed by atoms with Crippen molar-refractivity contribution in [1.82, 2.24) is 5.32 Å². The van der Waals surface area contributed by atoms with Gasteiger partial charge in [-0.1, -0.05) is 20.3 Å². The van der Waals surface area contributed by atoms with Gasteiger partial charge < -0.3 is 11.1 Å². The molecule has 0 aliphatic heterocycles. The van der Waals surface area contributed by atoms with Crippen molar-refractivity contribution in [3.8, 4) is 0 Å². The lowest BCUT2D eigenvalue weighted by Gasteiger charge is -2.38. The van der Waals surface area contributed by atoms with Crippen molar-refractivity contribution in [2.45, 2.75) is 76.9 Å². The van der Waals surface area contributed by atoms with Crippen LogP contribution in [0.3, 0.4) is 0 Å². The molecule has 0 saturated heterocycles. The maximum absolute atomic E-state index is 5.95. The third-order valence-electron chi connectivity index (χ3n) is 4.68. The van der Waals surface area contributed by atoms with Crippen LogP contribution in [0.15, 0.2) is 0 Å². The molecule has 0 bridgehead atoms. The monoisotopic (exact) mass is 224 g/mol.